The molecule has 0 saturated carbocycles. The van der Waals surface area contributed by atoms with Gasteiger partial charge >= 0.3 is 17.6 Å². The van der Waals surface area contributed by atoms with Gasteiger partial charge in [0, 0.05) is 39.6 Å². The Balaban J connectivity index is 5.41. The second kappa shape index (κ2) is 13.7. The van der Waals surface area contributed by atoms with Crippen molar-refractivity contribution in [2.45, 2.75) is 65.1 Å². The van der Waals surface area contributed by atoms with E-state index in [0.29, 0.717) is 39.6 Å². The highest BCUT2D eigenvalue weighted by Gasteiger charge is 2.53. The molecule has 2 atom stereocenters. The van der Waals surface area contributed by atoms with E-state index in [1.165, 1.54) is 0 Å². The average Bonchev–Trinajstić information content (AvgIpc) is 2.55. The van der Waals surface area contributed by atoms with Gasteiger partial charge in [-0.05, 0) is 55.4 Å². The highest BCUT2D eigenvalue weighted by Crippen LogP contribution is 2.34. The van der Waals surface area contributed by atoms with Crippen LogP contribution in [0, 0.1) is 0 Å². The van der Waals surface area contributed by atoms with Gasteiger partial charge in [-0.2, -0.15) is 0 Å². The number of hydrogen-bond acceptors (Lipinski definition) is 7. The van der Waals surface area contributed by atoms with Crippen LogP contribution in [0.3, 0.4) is 0 Å². The first-order valence-electron chi connectivity index (χ1n) is 9.40. The SMILES string of the molecule is CCO[Si](OCC)(OCC)C(C)SC(C)[Si](OCC)(OCC)OCC. The largest absolute Gasteiger partial charge is 0.514 e. The first kappa shape index (κ1) is 25.5. The Morgan fingerprint density at radius 2 is 0.720 bits per heavy atom. The Morgan fingerprint density at radius 1 is 0.520 bits per heavy atom. The molecule has 0 aromatic heterocycles. The van der Waals surface area contributed by atoms with Crippen molar-refractivity contribution in [3.63, 3.8) is 0 Å². The summed E-state index contributed by atoms with van der Waals surface area (Å²) in [4.78, 5) is 0.103. The second-order valence-corrected chi connectivity index (χ2v) is 13.6. The molecule has 152 valence electrons. The molecule has 0 aliphatic carbocycles. The molecule has 0 amide bonds. The molecule has 0 aromatic rings. The van der Waals surface area contributed by atoms with Crippen LogP contribution in [-0.4, -0.2) is 67.0 Å². The zero-order valence-corrected chi connectivity index (χ0v) is 20.1. The van der Waals surface area contributed by atoms with Crippen molar-refractivity contribution in [3.05, 3.63) is 0 Å². The lowest BCUT2D eigenvalue weighted by Crippen LogP contribution is -2.58. The highest BCUT2D eigenvalue weighted by atomic mass is 32.2. The van der Waals surface area contributed by atoms with Gasteiger partial charge in [0.15, 0.2) is 0 Å². The maximum Gasteiger partial charge on any atom is 0.514 e. The summed E-state index contributed by atoms with van der Waals surface area (Å²) >= 11 is 1.73. The molecule has 0 spiro atoms. The van der Waals surface area contributed by atoms with Gasteiger partial charge < -0.3 is 26.6 Å². The summed E-state index contributed by atoms with van der Waals surface area (Å²) in [5.41, 5.74) is 0. The average molecular weight is 415 g/mol. The lowest BCUT2D eigenvalue weighted by Gasteiger charge is -2.38. The van der Waals surface area contributed by atoms with E-state index in [-0.39, 0.29) is 9.75 Å². The van der Waals surface area contributed by atoms with E-state index in [9.17, 15) is 0 Å². The smallest absolute Gasteiger partial charge is 0.373 e. The summed E-state index contributed by atoms with van der Waals surface area (Å²) < 4.78 is 36.2. The van der Waals surface area contributed by atoms with Crippen LogP contribution in [0.5, 0.6) is 0 Å². The van der Waals surface area contributed by atoms with Crippen LogP contribution < -0.4 is 0 Å². The topological polar surface area (TPSA) is 55.4 Å². The lowest BCUT2D eigenvalue weighted by atomic mass is 10.9. The van der Waals surface area contributed by atoms with Crippen LogP contribution in [0.25, 0.3) is 0 Å². The minimum atomic E-state index is -2.79. The fourth-order valence-corrected chi connectivity index (χ4v) is 11.8. The van der Waals surface area contributed by atoms with Crippen molar-refractivity contribution in [1.29, 1.82) is 0 Å². The Kier molecular flexibility index (Phi) is 14.0. The number of hydrogen-bond donors (Lipinski definition) is 0. The molecule has 6 nitrogen and oxygen atoms in total. The molecule has 2 unspecified atom stereocenters. The zero-order chi connectivity index (χ0) is 19.3. The number of thioether (sulfide) groups is 1. The molecule has 0 radical (unpaired) electrons. The molecule has 0 heterocycles. The van der Waals surface area contributed by atoms with E-state index < -0.39 is 17.6 Å². The van der Waals surface area contributed by atoms with Crippen molar-refractivity contribution >= 4 is 29.4 Å². The van der Waals surface area contributed by atoms with Gasteiger partial charge in [0.05, 0.1) is 9.75 Å². The monoisotopic (exact) mass is 414 g/mol. The Morgan fingerprint density at radius 3 is 0.880 bits per heavy atom. The third-order valence-corrected chi connectivity index (χ3v) is 13.0. The molecule has 0 bridgehead atoms. The minimum Gasteiger partial charge on any atom is -0.373 e. The summed E-state index contributed by atoms with van der Waals surface area (Å²) in [6, 6.07) is 0. The summed E-state index contributed by atoms with van der Waals surface area (Å²) in [6.45, 7) is 19.4. The second-order valence-electron chi connectivity index (χ2n) is 5.23. The Hall–Kier alpha value is 0.544. The van der Waals surface area contributed by atoms with E-state index in [2.05, 4.69) is 13.8 Å². The molecule has 9 heteroatoms. The maximum absolute atomic E-state index is 6.03. The molecule has 0 rings (SSSR count). The van der Waals surface area contributed by atoms with Gasteiger partial charge in [0.2, 0.25) is 0 Å². The maximum atomic E-state index is 6.03. The fraction of sp³-hybridized carbons (Fsp3) is 1.00. The van der Waals surface area contributed by atoms with Crippen molar-refractivity contribution in [1.82, 2.24) is 0 Å². The molecular formula is C16H38O6SSi2. The quantitative estimate of drug-likeness (QED) is 0.357. The third kappa shape index (κ3) is 7.59. The van der Waals surface area contributed by atoms with Crippen LogP contribution in [-0.2, 0) is 26.6 Å². The molecule has 0 fully saturated rings. The van der Waals surface area contributed by atoms with Crippen LogP contribution in [0.2, 0.25) is 0 Å². The molecule has 0 saturated heterocycles. The minimum absolute atomic E-state index is 0.0515. The predicted octanol–water partition coefficient (Wildman–Crippen LogP) is 3.67. The van der Waals surface area contributed by atoms with Crippen LogP contribution in [0.4, 0.5) is 0 Å². The first-order valence-corrected chi connectivity index (χ1v) is 13.9. The third-order valence-electron chi connectivity index (χ3n) is 3.48. The van der Waals surface area contributed by atoms with Gasteiger partial charge in [-0.25, -0.2) is 0 Å². The normalized spacial score (nSPS) is 15.4. The van der Waals surface area contributed by atoms with E-state index in [4.69, 9.17) is 26.6 Å². The van der Waals surface area contributed by atoms with Gasteiger partial charge in [0.1, 0.15) is 0 Å². The van der Waals surface area contributed by atoms with Gasteiger partial charge in [-0.3, -0.25) is 0 Å². The van der Waals surface area contributed by atoms with Gasteiger partial charge in [0.25, 0.3) is 0 Å². The summed E-state index contributed by atoms with van der Waals surface area (Å²) in [7, 11) is -5.58. The molecule has 0 aliphatic heterocycles. The van der Waals surface area contributed by atoms with Crippen molar-refractivity contribution in [3.8, 4) is 0 Å². The van der Waals surface area contributed by atoms with Crippen LogP contribution in [0.15, 0.2) is 0 Å². The Bertz CT molecular complexity index is 274. The summed E-state index contributed by atoms with van der Waals surface area (Å²) in [5, 5.41) is 0. The van der Waals surface area contributed by atoms with Crippen LogP contribution >= 0.6 is 11.8 Å². The number of rotatable bonds is 16. The van der Waals surface area contributed by atoms with Crippen molar-refractivity contribution < 1.29 is 26.6 Å². The van der Waals surface area contributed by atoms with E-state index in [0.717, 1.165) is 0 Å². The molecular weight excluding hydrogens is 376 g/mol. The highest BCUT2D eigenvalue weighted by molar-refractivity contribution is 8.03. The molecule has 0 aromatic carbocycles. The molecule has 0 N–H and O–H groups in total. The van der Waals surface area contributed by atoms with E-state index in [1.807, 2.05) is 41.5 Å². The first-order chi connectivity index (χ1) is 11.9. The molecule has 25 heavy (non-hydrogen) atoms. The van der Waals surface area contributed by atoms with E-state index in [1.54, 1.807) is 11.8 Å². The Labute approximate surface area is 161 Å². The summed E-state index contributed by atoms with van der Waals surface area (Å²) in [6.07, 6.45) is 0. The summed E-state index contributed by atoms with van der Waals surface area (Å²) in [5.74, 6) is 0. The lowest BCUT2D eigenvalue weighted by molar-refractivity contribution is 0.0691. The van der Waals surface area contributed by atoms with Crippen LogP contribution in [0.1, 0.15) is 55.4 Å². The standard InChI is InChI=1S/C16H38O6SSi2/c1-9-17-24(18-10-2,19-11-3)15(7)23-16(8)25(20-12-4,21-13-5)22-14-6/h15-16H,9-14H2,1-8H3. The van der Waals surface area contributed by atoms with Gasteiger partial charge in [-0.1, -0.05) is 0 Å². The fourth-order valence-electron chi connectivity index (χ4n) is 2.63. The van der Waals surface area contributed by atoms with Crippen molar-refractivity contribution in [2.75, 3.05) is 39.6 Å². The predicted molar refractivity (Wildman–Crippen MR) is 108 cm³/mol. The van der Waals surface area contributed by atoms with E-state index >= 15 is 0 Å². The molecule has 0 aliphatic rings. The zero-order valence-electron chi connectivity index (χ0n) is 17.3. The van der Waals surface area contributed by atoms with Crippen molar-refractivity contribution in [2.24, 2.45) is 0 Å². The van der Waals surface area contributed by atoms with Gasteiger partial charge in [-0.15, -0.1) is 11.8 Å².